The van der Waals surface area contributed by atoms with Crippen LogP contribution in [-0.2, 0) is 17.1 Å². The fourth-order valence-corrected chi connectivity index (χ4v) is 4.05. The van der Waals surface area contributed by atoms with Crippen LogP contribution in [0.4, 0.5) is 5.69 Å². The third-order valence-corrected chi connectivity index (χ3v) is 5.87. The molecule has 134 valence electrons. The molecule has 0 unspecified atom stereocenters. The molecule has 0 atom stereocenters. The van der Waals surface area contributed by atoms with Gasteiger partial charge in [0.25, 0.3) is 10.0 Å². The lowest BCUT2D eigenvalue weighted by molar-refractivity contribution is 0.102. The molecule has 0 aliphatic rings. The van der Waals surface area contributed by atoms with Gasteiger partial charge in [-0.05, 0) is 48.9 Å². The standard InChI is InChI=1S/C18H16ClN3O3S/c1-12-15(19)4-3-5-16(12)26(24,25)21-14-8-6-13(7-9-14)17(23)18-20-10-11-22(18)2/h3-11,21H,1-2H3. The van der Waals surface area contributed by atoms with Crippen molar-refractivity contribution in [2.75, 3.05) is 4.72 Å². The quantitative estimate of drug-likeness (QED) is 0.678. The smallest absolute Gasteiger partial charge is 0.262 e. The van der Waals surface area contributed by atoms with Crippen molar-refractivity contribution in [3.05, 3.63) is 76.8 Å². The highest BCUT2D eigenvalue weighted by Gasteiger charge is 2.19. The van der Waals surface area contributed by atoms with Crippen molar-refractivity contribution in [1.29, 1.82) is 0 Å². The van der Waals surface area contributed by atoms with E-state index >= 15 is 0 Å². The first-order chi connectivity index (χ1) is 12.3. The minimum absolute atomic E-state index is 0.109. The average Bonchev–Trinajstić information content (AvgIpc) is 3.03. The van der Waals surface area contributed by atoms with Gasteiger partial charge in [0.2, 0.25) is 5.78 Å². The Bertz CT molecular complexity index is 1070. The lowest BCUT2D eigenvalue weighted by Crippen LogP contribution is -2.14. The molecule has 1 N–H and O–H groups in total. The zero-order valence-electron chi connectivity index (χ0n) is 14.1. The summed E-state index contributed by atoms with van der Waals surface area (Å²) in [5.41, 5.74) is 1.24. The van der Waals surface area contributed by atoms with Crippen molar-refractivity contribution >= 4 is 33.1 Å². The Hall–Kier alpha value is -2.64. The van der Waals surface area contributed by atoms with Crippen LogP contribution in [0.2, 0.25) is 5.02 Å². The van der Waals surface area contributed by atoms with Crippen LogP contribution in [0.1, 0.15) is 21.7 Å². The van der Waals surface area contributed by atoms with Gasteiger partial charge in [-0.1, -0.05) is 17.7 Å². The summed E-state index contributed by atoms with van der Waals surface area (Å²) >= 11 is 6.00. The molecule has 3 rings (SSSR count). The number of aryl methyl sites for hydroxylation is 1. The summed E-state index contributed by atoms with van der Waals surface area (Å²) in [5.74, 6) is 0.0745. The Kier molecular flexibility index (Phi) is 4.84. The number of sulfonamides is 1. The molecule has 1 aromatic heterocycles. The maximum atomic E-state index is 12.6. The van der Waals surface area contributed by atoms with Gasteiger partial charge in [0.15, 0.2) is 5.82 Å². The number of anilines is 1. The molecule has 0 aliphatic carbocycles. The molecule has 0 fully saturated rings. The molecule has 3 aromatic rings. The fourth-order valence-electron chi connectivity index (χ4n) is 2.49. The molecule has 0 spiro atoms. The van der Waals surface area contributed by atoms with E-state index in [-0.39, 0.29) is 10.7 Å². The van der Waals surface area contributed by atoms with E-state index in [1.54, 1.807) is 55.2 Å². The molecule has 0 bridgehead atoms. The van der Waals surface area contributed by atoms with Crippen LogP contribution in [0.15, 0.2) is 59.8 Å². The predicted octanol–water partition coefficient (Wildman–Crippen LogP) is 3.41. The van der Waals surface area contributed by atoms with Gasteiger partial charge >= 0.3 is 0 Å². The normalized spacial score (nSPS) is 11.3. The Labute approximate surface area is 156 Å². The van der Waals surface area contributed by atoms with Crippen LogP contribution in [-0.4, -0.2) is 23.8 Å². The first-order valence-corrected chi connectivity index (χ1v) is 9.56. The van der Waals surface area contributed by atoms with Crippen LogP contribution in [0, 0.1) is 6.92 Å². The molecule has 0 aliphatic heterocycles. The van der Waals surface area contributed by atoms with E-state index < -0.39 is 10.0 Å². The minimum atomic E-state index is -3.79. The van der Waals surface area contributed by atoms with E-state index in [2.05, 4.69) is 9.71 Å². The lowest BCUT2D eigenvalue weighted by atomic mass is 10.1. The fraction of sp³-hybridized carbons (Fsp3) is 0.111. The Morgan fingerprint density at radius 3 is 2.46 bits per heavy atom. The minimum Gasteiger partial charge on any atom is -0.331 e. The van der Waals surface area contributed by atoms with E-state index in [4.69, 9.17) is 11.6 Å². The van der Waals surface area contributed by atoms with Gasteiger partial charge in [-0.15, -0.1) is 0 Å². The van der Waals surface area contributed by atoms with Crippen molar-refractivity contribution < 1.29 is 13.2 Å². The number of ketones is 1. The number of aromatic nitrogens is 2. The molecular formula is C18H16ClN3O3S. The number of rotatable bonds is 5. The number of hydrogen-bond donors (Lipinski definition) is 1. The summed E-state index contributed by atoms with van der Waals surface area (Å²) in [6.07, 6.45) is 3.23. The van der Waals surface area contributed by atoms with E-state index in [0.717, 1.165) is 0 Å². The van der Waals surface area contributed by atoms with Crippen molar-refractivity contribution in [3.8, 4) is 0 Å². The van der Waals surface area contributed by atoms with Gasteiger partial charge in [-0.2, -0.15) is 0 Å². The third-order valence-electron chi connectivity index (χ3n) is 3.93. The highest BCUT2D eigenvalue weighted by Crippen LogP contribution is 2.25. The van der Waals surface area contributed by atoms with Gasteiger partial charge in [-0.3, -0.25) is 9.52 Å². The van der Waals surface area contributed by atoms with Gasteiger partial charge in [-0.25, -0.2) is 13.4 Å². The van der Waals surface area contributed by atoms with Crippen LogP contribution in [0.5, 0.6) is 0 Å². The highest BCUT2D eigenvalue weighted by molar-refractivity contribution is 7.92. The third kappa shape index (κ3) is 3.49. The van der Waals surface area contributed by atoms with Gasteiger partial charge in [0.05, 0.1) is 4.90 Å². The molecular weight excluding hydrogens is 374 g/mol. The second-order valence-electron chi connectivity index (χ2n) is 5.74. The number of carbonyl (C=O) groups excluding carboxylic acids is 1. The van der Waals surface area contributed by atoms with Gasteiger partial charge in [0, 0.05) is 35.7 Å². The maximum absolute atomic E-state index is 12.6. The summed E-state index contributed by atoms with van der Waals surface area (Å²) in [6.45, 7) is 1.64. The van der Waals surface area contributed by atoms with E-state index in [0.29, 0.717) is 27.7 Å². The number of nitrogens with one attached hydrogen (secondary N) is 1. The predicted molar refractivity (Wildman–Crippen MR) is 100 cm³/mol. The summed E-state index contributed by atoms with van der Waals surface area (Å²) in [7, 11) is -2.05. The summed E-state index contributed by atoms with van der Waals surface area (Å²) in [4.78, 5) is 16.5. The number of benzene rings is 2. The van der Waals surface area contributed by atoms with E-state index in [1.165, 1.54) is 18.2 Å². The summed E-state index contributed by atoms with van der Waals surface area (Å²) < 4.78 is 29.3. The number of carbonyl (C=O) groups is 1. The van der Waals surface area contributed by atoms with Crippen LogP contribution in [0.25, 0.3) is 0 Å². The number of imidazole rings is 1. The summed E-state index contributed by atoms with van der Waals surface area (Å²) in [6, 6.07) is 10.9. The molecule has 0 saturated carbocycles. The van der Waals surface area contributed by atoms with Crippen molar-refractivity contribution in [3.63, 3.8) is 0 Å². The molecule has 1 heterocycles. The van der Waals surface area contributed by atoms with Crippen LogP contribution in [0.3, 0.4) is 0 Å². The lowest BCUT2D eigenvalue weighted by Gasteiger charge is -2.11. The van der Waals surface area contributed by atoms with Crippen LogP contribution < -0.4 is 4.72 Å². The molecule has 26 heavy (non-hydrogen) atoms. The molecule has 0 saturated heterocycles. The van der Waals surface area contributed by atoms with Gasteiger partial charge < -0.3 is 4.57 Å². The van der Waals surface area contributed by atoms with Crippen molar-refractivity contribution in [2.45, 2.75) is 11.8 Å². The average molecular weight is 390 g/mol. The number of nitrogens with zero attached hydrogens (tertiary/aromatic N) is 2. The Morgan fingerprint density at radius 2 is 1.85 bits per heavy atom. The zero-order valence-corrected chi connectivity index (χ0v) is 15.7. The summed E-state index contributed by atoms with van der Waals surface area (Å²) in [5, 5.41) is 0.379. The highest BCUT2D eigenvalue weighted by atomic mass is 35.5. The Balaban J connectivity index is 1.84. The second kappa shape index (κ2) is 6.93. The molecule has 8 heteroatoms. The monoisotopic (exact) mass is 389 g/mol. The second-order valence-corrected chi connectivity index (χ2v) is 7.79. The van der Waals surface area contributed by atoms with Gasteiger partial charge in [0.1, 0.15) is 0 Å². The van der Waals surface area contributed by atoms with E-state index in [1.807, 2.05) is 0 Å². The Morgan fingerprint density at radius 1 is 1.15 bits per heavy atom. The first kappa shape index (κ1) is 18.2. The van der Waals surface area contributed by atoms with Crippen LogP contribution >= 0.6 is 11.6 Å². The topological polar surface area (TPSA) is 81.1 Å². The molecule has 6 nitrogen and oxygen atoms in total. The first-order valence-electron chi connectivity index (χ1n) is 7.69. The van der Waals surface area contributed by atoms with E-state index in [9.17, 15) is 13.2 Å². The SMILES string of the molecule is Cc1c(Cl)cccc1S(=O)(=O)Nc1ccc(C(=O)c2nccn2C)cc1. The largest absolute Gasteiger partial charge is 0.331 e. The zero-order chi connectivity index (χ0) is 18.9. The number of hydrogen-bond acceptors (Lipinski definition) is 4. The molecule has 0 radical (unpaired) electrons. The van der Waals surface area contributed by atoms with Crippen molar-refractivity contribution in [1.82, 2.24) is 9.55 Å². The molecule has 2 aromatic carbocycles. The molecule has 0 amide bonds. The van der Waals surface area contributed by atoms with Crippen molar-refractivity contribution in [2.24, 2.45) is 7.05 Å². The maximum Gasteiger partial charge on any atom is 0.262 e. The number of halogens is 1.